The van der Waals surface area contributed by atoms with Gasteiger partial charge < -0.3 is 15.4 Å². The number of aryl methyl sites for hydroxylation is 2. The van der Waals surface area contributed by atoms with E-state index in [1.807, 2.05) is 13.8 Å². The van der Waals surface area contributed by atoms with Gasteiger partial charge in [0.15, 0.2) is 5.02 Å². The molecule has 1 amide bonds. The Bertz CT molecular complexity index is 897. The van der Waals surface area contributed by atoms with Gasteiger partial charge in [-0.3, -0.25) is 4.79 Å². The molecule has 0 aliphatic heterocycles. The van der Waals surface area contributed by atoms with E-state index >= 15 is 0 Å². The first-order valence-electron chi connectivity index (χ1n) is 7.99. The number of hydrogen-bond acceptors (Lipinski definition) is 6. The number of carbonyl (C=O) groups excluding carboxylic acids is 1. The normalized spacial score (nSPS) is 10.6. The van der Waals surface area contributed by atoms with Gasteiger partial charge in [0, 0.05) is 11.3 Å². The Kier molecular flexibility index (Phi) is 6.34. The molecule has 26 heavy (non-hydrogen) atoms. The summed E-state index contributed by atoms with van der Waals surface area (Å²) >= 11 is 7.28. The second-order valence-electron chi connectivity index (χ2n) is 5.66. The summed E-state index contributed by atoms with van der Waals surface area (Å²) in [5.74, 6) is -0.593. The number of nitrogens with one attached hydrogen (secondary N) is 1. The number of amides is 1. The molecule has 2 heterocycles. The van der Waals surface area contributed by atoms with Gasteiger partial charge in [-0.25, -0.2) is 0 Å². The van der Waals surface area contributed by atoms with E-state index in [1.165, 1.54) is 16.0 Å². The molecule has 0 spiro atoms. The van der Waals surface area contributed by atoms with Crippen LogP contribution in [0.3, 0.4) is 0 Å². The summed E-state index contributed by atoms with van der Waals surface area (Å²) < 4.78 is 1.43. The third-order valence-electron chi connectivity index (χ3n) is 3.99. The number of halogens is 1. The van der Waals surface area contributed by atoms with Crippen LogP contribution in [-0.4, -0.2) is 20.6 Å². The van der Waals surface area contributed by atoms with Crippen LogP contribution in [0.1, 0.15) is 41.5 Å². The van der Waals surface area contributed by atoms with E-state index in [0.717, 1.165) is 16.9 Å². The number of anilines is 1. The van der Waals surface area contributed by atoms with Gasteiger partial charge in [-0.15, -0.1) is 11.3 Å². The molecule has 0 unspecified atom stereocenters. The van der Waals surface area contributed by atoms with E-state index in [2.05, 4.69) is 16.5 Å². The largest absolute Gasteiger partial charge is 0.408 e. The summed E-state index contributed by atoms with van der Waals surface area (Å²) in [5, 5.41) is 27.4. The van der Waals surface area contributed by atoms with Crippen molar-refractivity contribution >= 4 is 39.7 Å². The molecular weight excluding hydrogens is 378 g/mol. The maximum absolute atomic E-state index is 12.2. The van der Waals surface area contributed by atoms with Crippen LogP contribution in [0.15, 0.2) is 0 Å². The monoisotopic (exact) mass is 395 g/mol. The van der Waals surface area contributed by atoms with Gasteiger partial charge >= 0.3 is 5.82 Å². The Morgan fingerprint density at radius 3 is 2.73 bits per heavy atom. The molecule has 0 aromatic carbocycles. The Morgan fingerprint density at radius 2 is 2.19 bits per heavy atom. The summed E-state index contributed by atoms with van der Waals surface area (Å²) in [7, 11) is 0. The van der Waals surface area contributed by atoms with Crippen molar-refractivity contribution in [1.29, 1.82) is 5.26 Å². The highest BCUT2D eigenvalue weighted by Crippen LogP contribution is 2.33. The minimum Gasteiger partial charge on any atom is -0.358 e. The number of nitriles is 1. The van der Waals surface area contributed by atoms with Crippen molar-refractivity contribution < 1.29 is 9.72 Å². The van der Waals surface area contributed by atoms with E-state index < -0.39 is 4.92 Å². The van der Waals surface area contributed by atoms with Crippen molar-refractivity contribution in [2.75, 3.05) is 5.32 Å². The SMILES string of the molecule is CCc1c(C)sc(NC(=O)CCCn2nc([N+](=O)[O-])c(Cl)c2C)c1C#N. The van der Waals surface area contributed by atoms with Crippen LogP contribution >= 0.6 is 22.9 Å². The number of nitro groups is 1. The highest BCUT2D eigenvalue weighted by Gasteiger charge is 2.23. The van der Waals surface area contributed by atoms with Crippen LogP contribution in [0.25, 0.3) is 0 Å². The zero-order valence-corrected chi connectivity index (χ0v) is 16.2. The summed E-state index contributed by atoms with van der Waals surface area (Å²) in [6.07, 6.45) is 1.38. The van der Waals surface area contributed by atoms with Gasteiger partial charge in [-0.2, -0.15) is 9.94 Å². The van der Waals surface area contributed by atoms with Gasteiger partial charge in [0.05, 0.1) is 22.9 Å². The quantitative estimate of drug-likeness (QED) is 0.562. The van der Waals surface area contributed by atoms with Crippen LogP contribution in [0.5, 0.6) is 0 Å². The molecule has 0 aliphatic carbocycles. The van der Waals surface area contributed by atoms with Crippen molar-refractivity contribution in [3.05, 3.63) is 36.8 Å². The first-order valence-corrected chi connectivity index (χ1v) is 9.19. The molecule has 0 fully saturated rings. The van der Waals surface area contributed by atoms with E-state index in [0.29, 0.717) is 29.2 Å². The topological polar surface area (TPSA) is 114 Å². The Balaban J connectivity index is 1.98. The predicted molar refractivity (Wildman–Crippen MR) is 99.6 cm³/mol. The first-order chi connectivity index (χ1) is 12.3. The van der Waals surface area contributed by atoms with E-state index in [4.69, 9.17) is 11.6 Å². The maximum atomic E-state index is 12.2. The molecule has 0 saturated heterocycles. The van der Waals surface area contributed by atoms with Crippen molar-refractivity contribution in [1.82, 2.24) is 9.78 Å². The van der Waals surface area contributed by atoms with E-state index in [9.17, 15) is 20.2 Å². The smallest absolute Gasteiger partial charge is 0.358 e. The number of rotatable bonds is 7. The Morgan fingerprint density at radius 1 is 1.50 bits per heavy atom. The first kappa shape index (κ1) is 19.9. The van der Waals surface area contributed by atoms with Crippen LogP contribution in [0.4, 0.5) is 10.8 Å². The predicted octanol–water partition coefficient (Wildman–Crippen LogP) is 3.98. The van der Waals surface area contributed by atoms with E-state index in [-0.39, 0.29) is 23.2 Å². The van der Waals surface area contributed by atoms with Gasteiger partial charge in [0.1, 0.15) is 11.1 Å². The molecule has 1 N–H and O–H groups in total. The molecule has 0 aliphatic rings. The third kappa shape index (κ3) is 4.03. The second kappa shape index (κ2) is 8.29. The summed E-state index contributed by atoms with van der Waals surface area (Å²) in [6, 6.07) is 2.15. The Labute approximate surface area is 159 Å². The number of aromatic nitrogens is 2. The summed E-state index contributed by atoms with van der Waals surface area (Å²) in [5.41, 5.74) is 1.97. The molecule has 0 radical (unpaired) electrons. The second-order valence-corrected chi connectivity index (χ2v) is 7.26. The van der Waals surface area contributed by atoms with Crippen LogP contribution in [-0.2, 0) is 17.8 Å². The average molecular weight is 396 g/mol. The molecule has 10 heteroatoms. The van der Waals surface area contributed by atoms with Crippen molar-refractivity contribution in [2.45, 2.75) is 46.6 Å². The van der Waals surface area contributed by atoms with Gasteiger partial charge in [0.2, 0.25) is 5.91 Å². The number of thiophene rings is 1. The summed E-state index contributed by atoms with van der Waals surface area (Å²) in [4.78, 5) is 23.4. The maximum Gasteiger partial charge on any atom is 0.408 e. The fraction of sp³-hybridized carbons (Fsp3) is 0.438. The van der Waals surface area contributed by atoms with Gasteiger partial charge in [-0.05, 0) is 37.2 Å². The number of carbonyl (C=O) groups is 1. The lowest BCUT2D eigenvalue weighted by Gasteiger charge is -2.04. The minimum absolute atomic E-state index is 0.0132. The van der Waals surface area contributed by atoms with Crippen molar-refractivity contribution in [3.8, 4) is 6.07 Å². The minimum atomic E-state index is -0.633. The molecule has 8 nitrogen and oxygen atoms in total. The fourth-order valence-corrected chi connectivity index (χ4v) is 3.95. The fourth-order valence-electron chi connectivity index (χ4n) is 2.63. The molecule has 0 saturated carbocycles. The van der Waals surface area contributed by atoms with Crippen molar-refractivity contribution in [3.63, 3.8) is 0 Å². The molecule has 2 aromatic heterocycles. The highest BCUT2D eigenvalue weighted by molar-refractivity contribution is 7.16. The lowest BCUT2D eigenvalue weighted by molar-refractivity contribution is -0.389. The van der Waals surface area contributed by atoms with Crippen molar-refractivity contribution in [2.24, 2.45) is 0 Å². The molecule has 138 valence electrons. The standard InChI is InChI=1S/C16H18ClN5O3S/c1-4-11-10(3)26-16(12(11)8-18)19-13(23)6-5-7-21-9(2)14(17)15(20-21)22(24)25/h4-7H2,1-3H3,(H,19,23). The lowest BCUT2D eigenvalue weighted by atomic mass is 10.1. The van der Waals surface area contributed by atoms with Crippen LogP contribution in [0.2, 0.25) is 5.02 Å². The third-order valence-corrected chi connectivity index (χ3v) is 5.50. The highest BCUT2D eigenvalue weighted by atomic mass is 35.5. The molecule has 2 rings (SSSR count). The average Bonchev–Trinajstić information content (AvgIpc) is 3.04. The van der Waals surface area contributed by atoms with Crippen LogP contribution < -0.4 is 5.32 Å². The zero-order valence-electron chi connectivity index (χ0n) is 14.6. The summed E-state index contributed by atoms with van der Waals surface area (Å²) in [6.45, 7) is 5.87. The lowest BCUT2D eigenvalue weighted by Crippen LogP contribution is -2.13. The molecule has 0 atom stereocenters. The van der Waals surface area contributed by atoms with Gasteiger partial charge in [-0.1, -0.05) is 18.5 Å². The number of nitrogens with zero attached hydrogens (tertiary/aromatic N) is 4. The molecule has 0 bridgehead atoms. The molecule has 2 aromatic rings. The van der Waals surface area contributed by atoms with Crippen LogP contribution in [0, 0.1) is 35.3 Å². The zero-order chi connectivity index (χ0) is 19.4. The molecular formula is C16H18ClN5O3S. The van der Waals surface area contributed by atoms with E-state index in [1.54, 1.807) is 6.92 Å². The number of hydrogen-bond donors (Lipinski definition) is 1. The van der Waals surface area contributed by atoms with Gasteiger partial charge in [0.25, 0.3) is 0 Å². The Hall–Kier alpha value is -2.44.